The van der Waals surface area contributed by atoms with Gasteiger partial charge in [-0.25, -0.2) is 4.79 Å². The zero-order valence-electron chi connectivity index (χ0n) is 13.4. The molecule has 3 aliphatic rings. The molecule has 120 valence electrons. The van der Waals surface area contributed by atoms with Crippen molar-refractivity contribution in [2.75, 3.05) is 0 Å². The second kappa shape index (κ2) is 5.90. The first-order chi connectivity index (χ1) is 10.4. The molecule has 0 unspecified atom stereocenters. The van der Waals surface area contributed by atoms with E-state index >= 15 is 0 Å². The van der Waals surface area contributed by atoms with Crippen molar-refractivity contribution in [2.45, 2.75) is 71.0 Å². The fourth-order valence-corrected chi connectivity index (χ4v) is 3.61. The molecule has 4 heteroatoms. The van der Waals surface area contributed by atoms with Gasteiger partial charge in [-0.05, 0) is 44.6 Å². The van der Waals surface area contributed by atoms with Crippen molar-refractivity contribution in [1.82, 2.24) is 0 Å². The minimum atomic E-state index is -0.840. The number of rotatable bonds is 5. The maximum absolute atomic E-state index is 12.0. The van der Waals surface area contributed by atoms with E-state index in [-0.39, 0.29) is 11.8 Å². The molecule has 0 saturated heterocycles. The molecule has 0 saturated carbocycles. The van der Waals surface area contributed by atoms with E-state index in [0.717, 1.165) is 56.3 Å². The lowest BCUT2D eigenvalue weighted by Gasteiger charge is -2.33. The number of carbonyl (C=O) groups excluding carboxylic acids is 2. The number of cyclic esters (lactones) is 1. The molecule has 0 radical (unpaired) electrons. The molecule has 0 bridgehead atoms. The van der Waals surface area contributed by atoms with Crippen LogP contribution in [0.4, 0.5) is 0 Å². The van der Waals surface area contributed by atoms with Gasteiger partial charge in [0.1, 0.15) is 5.76 Å². The number of carbonyl (C=O) groups is 2. The SMILES string of the molecule is CC1(C)OC(=O)C2=C(O1)[C@H](CCCCC1=CC(=O)CC1)CC2. The Morgan fingerprint density at radius 1 is 1.14 bits per heavy atom. The second-order valence-electron chi connectivity index (χ2n) is 6.98. The van der Waals surface area contributed by atoms with Gasteiger partial charge in [0.2, 0.25) is 5.79 Å². The Labute approximate surface area is 131 Å². The summed E-state index contributed by atoms with van der Waals surface area (Å²) in [5.41, 5.74) is 2.04. The summed E-state index contributed by atoms with van der Waals surface area (Å²) in [5.74, 6) is 0.450. The molecule has 1 aliphatic heterocycles. The maximum atomic E-state index is 12.0. The first-order valence-electron chi connectivity index (χ1n) is 8.32. The summed E-state index contributed by atoms with van der Waals surface area (Å²) >= 11 is 0. The van der Waals surface area contributed by atoms with Crippen molar-refractivity contribution in [2.24, 2.45) is 5.92 Å². The molecule has 0 amide bonds. The molecule has 0 spiro atoms. The maximum Gasteiger partial charge on any atom is 0.340 e. The molecule has 0 aromatic rings. The van der Waals surface area contributed by atoms with Gasteiger partial charge in [-0.15, -0.1) is 0 Å². The molecule has 3 rings (SSSR count). The zero-order valence-corrected chi connectivity index (χ0v) is 13.4. The summed E-state index contributed by atoms with van der Waals surface area (Å²) in [6.07, 6.45) is 9.49. The van der Waals surface area contributed by atoms with Crippen LogP contribution in [0.2, 0.25) is 0 Å². The highest BCUT2D eigenvalue weighted by atomic mass is 16.7. The van der Waals surface area contributed by atoms with Gasteiger partial charge in [-0.2, -0.15) is 0 Å². The Morgan fingerprint density at radius 3 is 2.68 bits per heavy atom. The van der Waals surface area contributed by atoms with Gasteiger partial charge in [0.15, 0.2) is 5.78 Å². The standard InChI is InChI=1S/C18H24O4/c1-18(2)21-16-13(8-10-15(16)17(20)22-18)6-4-3-5-12-7-9-14(19)11-12/h11,13H,3-10H2,1-2H3/t13-/m1/s1. The van der Waals surface area contributed by atoms with Crippen LogP contribution < -0.4 is 0 Å². The molecule has 0 N–H and O–H groups in total. The van der Waals surface area contributed by atoms with Gasteiger partial charge in [-0.3, -0.25) is 4.79 Å². The number of esters is 1. The van der Waals surface area contributed by atoms with Crippen LogP contribution in [0.3, 0.4) is 0 Å². The van der Waals surface area contributed by atoms with Crippen LogP contribution in [0.1, 0.15) is 65.2 Å². The van der Waals surface area contributed by atoms with Crippen LogP contribution in [-0.2, 0) is 19.1 Å². The van der Waals surface area contributed by atoms with Crippen molar-refractivity contribution in [3.63, 3.8) is 0 Å². The Morgan fingerprint density at radius 2 is 1.95 bits per heavy atom. The minimum Gasteiger partial charge on any atom is -0.456 e. The molecule has 1 atom stereocenters. The van der Waals surface area contributed by atoms with Crippen molar-refractivity contribution < 1.29 is 19.1 Å². The molecule has 1 heterocycles. The summed E-state index contributed by atoms with van der Waals surface area (Å²) in [4.78, 5) is 23.2. The average molecular weight is 304 g/mol. The van der Waals surface area contributed by atoms with E-state index in [1.807, 2.05) is 6.08 Å². The van der Waals surface area contributed by atoms with Crippen LogP contribution in [0, 0.1) is 5.92 Å². The third kappa shape index (κ3) is 3.26. The van der Waals surface area contributed by atoms with Crippen molar-refractivity contribution in [3.8, 4) is 0 Å². The molecule has 22 heavy (non-hydrogen) atoms. The van der Waals surface area contributed by atoms with Crippen molar-refractivity contribution >= 4 is 11.8 Å². The molecular weight excluding hydrogens is 280 g/mol. The Kier molecular flexibility index (Phi) is 4.11. The van der Waals surface area contributed by atoms with Crippen LogP contribution in [0.5, 0.6) is 0 Å². The lowest BCUT2D eigenvalue weighted by molar-refractivity contribution is -0.209. The number of ether oxygens (including phenoxy) is 2. The normalized spacial score (nSPS) is 26.6. The zero-order chi connectivity index (χ0) is 15.7. The number of allylic oxidation sites excluding steroid dienone is 3. The smallest absolute Gasteiger partial charge is 0.340 e. The van der Waals surface area contributed by atoms with Gasteiger partial charge >= 0.3 is 5.97 Å². The van der Waals surface area contributed by atoms with Crippen molar-refractivity contribution in [3.05, 3.63) is 23.0 Å². The molecule has 2 aliphatic carbocycles. The van der Waals surface area contributed by atoms with Crippen LogP contribution in [0.15, 0.2) is 23.0 Å². The summed E-state index contributed by atoms with van der Waals surface area (Å²) in [6, 6.07) is 0. The number of hydrogen-bond donors (Lipinski definition) is 0. The molecule has 0 aromatic carbocycles. The third-order valence-corrected chi connectivity index (χ3v) is 4.71. The quantitative estimate of drug-likeness (QED) is 0.572. The third-order valence-electron chi connectivity index (χ3n) is 4.71. The minimum absolute atomic E-state index is 0.205. The summed E-state index contributed by atoms with van der Waals surface area (Å²) in [5, 5.41) is 0. The Bertz CT molecular complexity index is 553. The van der Waals surface area contributed by atoms with Gasteiger partial charge in [0.25, 0.3) is 0 Å². The first kappa shape index (κ1) is 15.3. The highest BCUT2D eigenvalue weighted by molar-refractivity contribution is 5.93. The largest absolute Gasteiger partial charge is 0.456 e. The first-order valence-corrected chi connectivity index (χ1v) is 8.32. The number of unbranched alkanes of at least 4 members (excludes halogenated alkanes) is 1. The van der Waals surface area contributed by atoms with Crippen LogP contribution in [-0.4, -0.2) is 17.5 Å². The molecular formula is C18H24O4. The highest BCUT2D eigenvalue weighted by Crippen LogP contribution is 2.42. The monoisotopic (exact) mass is 304 g/mol. The fraction of sp³-hybridized carbons (Fsp3) is 0.667. The highest BCUT2D eigenvalue weighted by Gasteiger charge is 2.41. The van der Waals surface area contributed by atoms with E-state index in [0.29, 0.717) is 12.3 Å². The topological polar surface area (TPSA) is 52.6 Å². The summed E-state index contributed by atoms with van der Waals surface area (Å²) < 4.78 is 11.2. The van der Waals surface area contributed by atoms with Gasteiger partial charge in [-0.1, -0.05) is 12.0 Å². The number of hydrogen-bond acceptors (Lipinski definition) is 4. The van der Waals surface area contributed by atoms with Gasteiger partial charge < -0.3 is 9.47 Å². The van der Waals surface area contributed by atoms with E-state index in [2.05, 4.69) is 0 Å². The Hall–Kier alpha value is -1.58. The molecule has 4 nitrogen and oxygen atoms in total. The predicted molar refractivity (Wildman–Crippen MR) is 81.8 cm³/mol. The molecule has 0 aromatic heterocycles. The van der Waals surface area contributed by atoms with Crippen molar-refractivity contribution in [1.29, 1.82) is 0 Å². The average Bonchev–Trinajstić information content (AvgIpc) is 3.00. The summed E-state index contributed by atoms with van der Waals surface area (Å²) in [7, 11) is 0. The second-order valence-corrected chi connectivity index (χ2v) is 6.98. The van der Waals surface area contributed by atoms with Gasteiger partial charge in [0.05, 0.1) is 5.57 Å². The van der Waals surface area contributed by atoms with Gasteiger partial charge in [0, 0.05) is 26.2 Å². The summed E-state index contributed by atoms with van der Waals surface area (Å²) in [6.45, 7) is 3.57. The van der Waals surface area contributed by atoms with E-state index in [9.17, 15) is 9.59 Å². The lowest BCUT2D eigenvalue weighted by Crippen LogP contribution is -2.36. The van der Waals surface area contributed by atoms with E-state index < -0.39 is 5.79 Å². The van der Waals surface area contributed by atoms with E-state index in [1.165, 1.54) is 5.57 Å². The fourth-order valence-electron chi connectivity index (χ4n) is 3.61. The Balaban J connectivity index is 1.50. The van der Waals surface area contributed by atoms with Crippen LogP contribution in [0.25, 0.3) is 0 Å². The predicted octanol–water partition coefficient (Wildman–Crippen LogP) is 3.81. The van der Waals surface area contributed by atoms with E-state index in [4.69, 9.17) is 9.47 Å². The van der Waals surface area contributed by atoms with Crippen LogP contribution >= 0.6 is 0 Å². The lowest BCUT2D eigenvalue weighted by atomic mass is 9.97. The molecule has 0 fully saturated rings. The number of ketones is 1. The van der Waals surface area contributed by atoms with E-state index in [1.54, 1.807) is 13.8 Å².